The minimum absolute atomic E-state index is 0.0312. The van der Waals surface area contributed by atoms with E-state index in [9.17, 15) is 9.59 Å². The molecule has 0 atom stereocenters. The molecule has 0 spiro atoms. The van der Waals surface area contributed by atoms with E-state index in [1.165, 1.54) is 24.2 Å². The van der Waals surface area contributed by atoms with Gasteiger partial charge in [0.2, 0.25) is 5.91 Å². The second kappa shape index (κ2) is 6.94. The van der Waals surface area contributed by atoms with Gasteiger partial charge in [-0.15, -0.1) is 0 Å². The monoisotopic (exact) mass is 353 g/mol. The van der Waals surface area contributed by atoms with Crippen molar-refractivity contribution in [3.05, 3.63) is 47.3 Å². The molecule has 0 radical (unpaired) electrons. The third kappa shape index (κ3) is 3.11. The Kier molecular flexibility index (Phi) is 4.49. The lowest BCUT2D eigenvalue weighted by atomic mass is 9.87. The molecule has 1 aliphatic carbocycles. The Morgan fingerprint density at radius 3 is 2.73 bits per heavy atom. The molecule has 6 nitrogen and oxygen atoms in total. The molecule has 0 N–H and O–H groups in total. The van der Waals surface area contributed by atoms with Gasteiger partial charge in [-0.1, -0.05) is 36.6 Å². The lowest BCUT2D eigenvalue weighted by Crippen LogP contribution is -2.37. The van der Waals surface area contributed by atoms with Crippen LogP contribution in [-0.4, -0.2) is 35.5 Å². The Hall–Kier alpha value is -2.63. The maximum absolute atomic E-state index is 12.9. The Balaban J connectivity index is 1.55. The molecule has 26 heavy (non-hydrogen) atoms. The summed E-state index contributed by atoms with van der Waals surface area (Å²) >= 11 is 0. The SMILES string of the molecule is CN1C(=O)CN(Cc2cc(C3CCCCC3)no2)C(=O)c2ccccc21. The summed E-state index contributed by atoms with van der Waals surface area (Å²) in [5.41, 5.74) is 2.16. The fourth-order valence-corrected chi connectivity index (χ4v) is 3.90. The fraction of sp³-hybridized carbons (Fsp3) is 0.450. The van der Waals surface area contributed by atoms with E-state index < -0.39 is 0 Å². The van der Waals surface area contributed by atoms with E-state index in [-0.39, 0.29) is 24.9 Å². The summed E-state index contributed by atoms with van der Waals surface area (Å²) in [7, 11) is 1.70. The van der Waals surface area contributed by atoms with Gasteiger partial charge in [-0.25, -0.2) is 0 Å². The maximum Gasteiger partial charge on any atom is 0.256 e. The molecule has 1 aromatic heterocycles. The normalized spacial score (nSPS) is 18.8. The molecular formula is C20H23N3O3. The van der Waals surface area contributed by atoms with Crippen LogP contribution < -0.4 is 4.90 Å². The Labute approximate surface area is 152 Å². The molecule has 2 aromatic rings. The van der Waals surface area contributed by atoms with Crippen molar-refractivity contribution in [1.82, 2.24) is 10.1 Å². The third-order valence-electron chi connectivity index (χ3n) is 5.43. The van der Waals surface area contributed by atoms with Gasteiger partial charge in [0, 0.05) is 19.0 Å². The second-order valence-electron chi connectivity index (χ2n) is 7.18. The molecule has 0 unspecified atom stereocenters. The predicted octanol–water partition coefficient (Wildman–Crippen LogP) is 3.34. The van der Waals surface area contributed by atoms with Crippen LogP contribution in [-0.2, 0) is 11.3 Å². The van der Waals surface area contributed by atoms with Gasteiger partial charge >= 0.3 is 0 Å². The van der Waals surface area contributed by atoms with E-state index in [0.717, 1.165) is 18.5 Å². The van der Waals surface area contributed by atoms with E-state index >= 15 is 0 Å². The topological polar surface area (TPSA) is 66.7 Å². The fourth-order valence-electron chi connectivity index (χ4n) is 3.90. The van der Waals surface area contributed by atoms with Gasteiger partial charge in [0.1, 0.15) is 6.54 Å². The molecule has 2 heterocycles. The predicted molar refractivity (Wildman–Crippen MR) is 96.9 cm³/mol. The summed E-state index contributed by atoms with van der Waals surface area (Å²) in [4.78, 5) is 28.5. The molecule has 0 bridgehead atoms. The summed E-state index contributed by atoms with van der Waals surface area (Å²) in [6, 6.07) is 9.15. The molecular weight excluding hydrogens is 330 g/mol. The van der Waals surface area contributed by atoms with Gasteiger partial charge in [-0.05, 0) is 25.0 Å². The summed E-state index contributed by atoms with van der Waals surface area (Å²) in [6.45, 7) is 0.288. The average Bonchev–Trinajstić information content (AvgIpc) is 3.12. The summed E-state index contributed by atoms with van der Waals surface area (Å²) < 4.78 is 5.49. The van der Waals surface area contributed by atoms with Gasteiger partial charge in [0.25, 0.3) is 5.91 Å². The van der Waals surface area contributed by atoms with Crippen molar-refractivity contribution in [2.45, 2.75) is 44.6 Å². The van der Waals surface area contributed by atoms with Crippen LogP contribution in [0.15, 0.2) is 34.9 Å². The molecule has 2 aliphatic rings. The zero-order valence-corrected chi connectivity index (χ0v) is 15.0. The van der Waals surface area contributed by atoms with Crippen molar-refractivity contribution in [1.29, 1.82) is 0 Å². The highest BCUT2D eigenvalue weighted by molar-refractivity contribution is 6.09. The number of hydrogen-bond acceptors (Lipinski definition) is 4. The van der Waals surface area contributed by atoms with E-state index in [4.69, 9.17) is 4.52 Å². The van der Waals surface area contributed by atoms with E-state index in [1.807, 2.05) is 18.2 Å². The molecule has 1 aliphatic heterocycles. The second-order valence-corrected chi connectivity index (χ2v) is 7.18. The van der Waals surface area contributed by atoms with Crippen LogP contribution in [0.5, 0.6) is 0 Å². The van der Waals surface area contributed by atoms with Gasteiger partial charge in [0.05, 0.1) is 23.5 Å². The Morgan fingerprint density at radius 1 is 1.15 bits per heavy atom. The number of carbonyl (C=O) groups is 2. The first-order valence-corrected chi connectivity index (χ1v) is 9.24. The number of nitrogens with zero attached hydrogens (tertiary/aromatic N) is 3. The molecule has 1 saturated carbocycles. The van der Waals surface area contributed by atoms with Crippen LogP contribution >= 0.6 is 0 Å². The molecule has 2 amide bonds. The number of para-hydroxylation sites is 1. The van der Waals surface area contributed by atoms with Gasteiger partial charge in [-0.3, -0.25) is 9.59 Å². The van der Waals surface area contributed by atoms with Gasteiger partial charge in [0.15, 0.2) is 5.76 Å². The van der Waals surface area contributed by atoms with Crippen molar-refractivity contribution in [3.63, 3.8) is 0 Å². The number of hydrogen-bond donors (Lipinski definition) is 0. The number of likely N-dealkylation sites (N-methyl/N-ethyl adjacent to an activating group) is 1. The lowest BCUT2D eigenvalue weighted by Gasteiger charge is -2.19. The first-order chi connectivity index (χ1) is 12.6. The first kappa shape index (κ1) is 16.8. The van der Waals surface area contributed by atoms with Crippen LogP contribution in [0.25, 0.3) is 0 Å². The van der Waals surface area contributed by atoms with Crippen molar-refractivity contribution >= 4 is 17.5 Å². The van der Waals surface area contributed by atoms with Crippen LogP contribution in [0.2, 0.25) is 0 Å². The molecule has 0 saturated heterocycles. The van der Waals surface area contributed by atoms with Crippen molar-refractivity contribution in [3.8, 4) is 0 Å². The maximum atomic E-state index is 12.9. The minimum Gasteiger partial charge on any atom is -0.359 e. The third-order valence-corrected chi connectivity index (χ3v) is 5.43. The molecule has 6 heteroatoms. The van der Waals surface area contributed by atoms with E-state index in [0.29, 0.717) is 22.9 Å². The quantitative estimate of drug-likeness (QED) is 0.849. The highest BCUT2D eigenvalue weighted by Gasteiger charge is 2.30. The Morgan fingerprint density at radius 2 is 1.92 bits per heavy atom. The summed E-state index contributed by atoms with van der Waals surface area (Å²) in [5.74, 6) is 0.813. The summed E-state index contributed by atoms with van der Waals surface area (Å²) in [5, 5.41) is 4.22. The largest absolute Gasteiger partial charge is 0.359 e. The van der Waals surface area contributed by atoms with Crippen LogP contribution in [0.1, 0.15) is 59.8 Å². The van der Waals surface area contributed by atoms with Crippen molar-refractivity contribution < 1.29 is 14.1 Å². The van der Waals surface area contributed by atoms with E-state index in [2.05, 4.69) is 5.16 Å². The van der Waals surface area contributed by atoms with Crippen LogP contribution in [0, 0.1) is 0 Å². The van der Waals surface area contributed by atoms with Crippen molar-refractivity contribution in [2.24, 2.45) is 0 Å². The Bertz CT molecular complexity index is 823. The van der Waals surface area contributed by atoms with Gasteiger partial charge < -0.3 is 14.3 Å². The zero-order valence-electron chi connectivity index (χ0n) is 15.0. The van der Waals surface area contributed by atoms with Gasteiger partial charge in [-0.2, -0.15) is 0 Å². The number of carbonyl (C=O) groups excluding carboxylic acids is 2. The highest BCUT2D eigenvalue weighted by atomic mass is 16.5. The average molecular weight is 353 g/mol. The number of anilines is 1. The molecule has 4 rings (SSSR count). The smallest absolute Gasteiger partial charge is 0.256 e. The first-order valence-electron chi connectivity index (χ1n) is 9.24. The van der Waals surface area contributed by atoms with Crippen LogP contribution in [0.4, 0.5) is 5.69 Å². The number of rotatable bonds is 3. The molecule has 136 valence electrons. The minimum atomic E-state index is -0.158. The van der Waals surface area contributed by atoms with Crippen LogP contribution in [0.3, 0.4) is 0 Å². The van der Waals surface area contributed by atoms with Crippen molar-refractivity contribution in [2.75, 3.05) is 18.5 Å². The number of amides is 2. The number of benzene rings is 1. The zero-order chi connectivity index (χ0) is 18.1. The molecule has 1 fully saturated rings. The number of fused-ring (bicyclic) bond motifs is 1. The standard InChI is InChI=1S/C20H23N3O3/c1-22-18-10-6-5-9-16(18)20(25)23(13-19(22)24)12-15-11-17(21-26-15)14-7-3-2-4-8-14/h5-6,9-11,14H,2-4,7-8,12-13H2,1H3. The van der Waals surface area contributed by atoms with E-state index in [1.54, 1.807) is 24.1 Å². The molecule has 1 aromatic carbocycles. The number of aromatic nitrogens is 1. The summed E-state index contributed by atoms with van der Waals surface area (Å²) in [6.07, 6.45) is 6.04. The lowest BCUT2D eigenvalue weighted by molar-refractivity contribution is -0.119. The highest BCUT2D eigenvalue weighted by Crippen LogP contribution is 2.32.